The normalized spacial score (nSPS) is 11.0. The van der Waals surface area contributed by atoms with Gasteiger partial charge >= 0.3 is 12.0 Å². The minimum Gasteiger partial charge on any atom is -0.542 e. The van der Waals surface area contributed by atoms with Gasteiger partial charge in [-0.05, 0) is 25.1 Å². The number of esters is 1. The number of carbonyl (C=O) groups excluding carboxylic acids is 1. The Labute approximate surface area is 108 Å². The zero-order valence-corrected chi connectivity index (χ0v) is 12.5. The Morgan fingerprint density at radius 2 is 1.56 bits per heavy atom. The van der Waals surface area contributed by atoms with E-state index >= 15 is 0 Å². The first-order chi connectivity index (χ1) is 8.44. The number of halogens is 2. The SMILES string of the molecule is CCOC(=O)CC(O[Si](CC)(CC)CC)=C(F)F. The molecule has 0 spiro atoms. The molecule has 6 heteroatoms. The van der Waals surface area contributed by atoms with Gasteiger partial charge in [0.25, 0.3) is 0 Å². The highest BCUT2D eigenvalue weighted by Crippen LogP contribution is 2.28. The topological polar surface area (TPSA) is 35.5 Å². The maximum absolute atomic E-state index is 12.8. The van der Waals surface area contributed by atoms with Crippen LogP contribution in [0.15, 0.2) is 11.8 Å². The van der Waals surface area contributed by atoms with Crippen LogP contribution in [0.5, 0.6) is 0 Å². The second kappa shape index (κ2) is 8.23. The molecular weight excluding hydrogens is 258 g/mol. The molecular formula is C12H22F2O3Si. The van der Waals surface area contributed by atoms with Crippen LogP contribution in [0.2, 0.25) is 18.1 Å². The first-order valence-electron chi connectivity index (χ1n) is 6.33. The fourth-order valence-electron chi connectivity index (χ4n) is 1.71. The van der Waals surface area contributed by atoms with Crippen molar-refractivity contribution in [2.75, 3.05) is 6.61 Å². The highest BCUT2D eigenvalue weighted by Gasteiger charge is 2.33. The minimum absolute atomic E-state index is 0.178. The summed E-state index contributed by atoms with van der Waals surface area (Å²) >= 11 is 0. The third kappa shape index (κ3) is 5.16. The third-order valence-electron chi connectivity index (χ3n) is 3.09. The fourth-order valence-corrected chi connectivity index (χ4v) is 4.32. The Hall–Kier alpha value is -0.913. The van der Waals surface area contributed by atoms with Crippen molar-refractivity contribution in [3.8, 4) is 0 Å². The van der Waals surface area contributed by atoms with E-state index in [1.54, 1.807) is 6.92 Å². The van der Waals surface area contributed by atoms with Gasteiger partial charge in [-0.2, -0.15) is 8.78 Å². The van der Waals surface area contributed by atoms with E-state index in [4.69, 9.17) is 4.43 Å². The van der Waals surface area contributed by atoms with Crippen molar-refractivity contribution in [2.45, 2.75) is 52.2 Å². The fraction of sp³-hybridized carbons (Fsp3) is 0.750. The van der Waals surface area contributed by atoms with Crippen LogP contribution in [0.25, 0.3) is 0 Å². The Morgan fingerprint density at radius 1 is 1.06 bits per heavy atom. The lowest BCUT2D eigenvalue weighted by atomic mass is 10.4. The van der Waals surface area contributed by atoms with E-state index in [1.807, 2.05) is 20.8 Å². The lowest BCUT2D eigenvalue weighted by Crippen LogP contribution is -2.36. The molecule has 0 aromatic carbocycles. The van der Waals surface area contributed by atoms with Crippen molar-refractivity contribution in [2.24, 2.45) is 0 Å². The summed E-state index contributed by atoms with van der Waals surface area (Å²) in [5.41, 5.74) is 0. The Bertz CT molecular complexity index is 289. The Kier molecular flexibility index (Phi) is 7.82. The zero-order chi connectivity index (χ0) is 14.2. The van der Waals surface area contributed by atoms with Crippen LogP contribution in [0, 0.1) is 0 Å². The van der Waals surface area contributed by atoms with E-state index in [0.717, 1.165) is 18.1 Å². The molecule has 0 aromatic rings. The van der Waals surface area contributed by atoms with Gasteiger partial charge in [0, 0.05) is 0 Å². The van der Waals surface area contributed by atoms with E-state index in [1.165, 1.54) is 0 Å². The minimum atomic E-state index is -2.18. The summed E-state index contributed by atoms with van der Waals surface area (Å²) in [6.07, 6.45) is -2.40. The third-order valence-corrected chi connectivity index (χ3v) is 7.64. The molecule has 0 aliphatic rings. The average molecular weight is 280 g/mol. The van der Waals surface area contributed by atoms with Gasteiger partial charge in [0.05, 0.1) is 6.61 Å². The average Bonchev–Trinajstić information content (AvgIpc) is 2.35. The van der Waals surface area contributed by atoms with E-state index in [0.29, 0.717) is 0 Å². The maximum Gasteiger partial charge on any atom is 0.313 e. The number of hydrogen-bond acceptors (Lipinski definition) is 3. The molecule has 0 bridgehead atoms. The van der Waals surface area contributed by atoms with Crippen LogP contribution < -0.4 is 0 Å². The molecule has 0 saturated carbocycles. The Morgan fingerprint density at radius 3 is 1.89 bits per heavy atom. The van der Waals surface area contributed by atoms with Crippen LogP contribution >= 0.6 is 0 Å². The molecule has 0 aliphatic heterocycles. The summed E-state index contributed by atoms with van der Waals surface area (Å²) < 4.78 is 35.8. The molecule has 18 heavy (non-hydrogen) atoms. The second-order valence-electron chi connectivity index (χ2n) is 4.01. The maximum atomic E-state index is 12.8. The highest BCUT2D eigenvalue weighted by atomic mass is 28.4. The van der Waals surface area contributed by atoms with E-state index < -0.39 is 32.5 Å². The number of rotatable bonds is 8. The van der Waals surface area contributed by atoms with E-state index in [2.05, 4.69) is 4.74 Å². The van der Waals surface area contributed by atoms with Crippen molar-refractivity contribution in [3.05, 3.63) is 11.8 Å². The summed E-state index contributed by atoms with van der Waals surface area (Å²) in [6, 6.07) is 2.25. The first-order valence-corrected chi connectivity index (χ1v) is 8.86. The molecule has 0 amide bonds. The molecule has 106 valence electrons. The van der Waals surface area contributed by atoms with Crippen LogP contribution in [0.1, 0.15) is 34.1 Å². The van der Waals surface area contributed by atoms with Crippen molar-refractivity contribution in [3.63, 3.8) is 0 Å². The van der Waals surface area contributed by atoms with Gasteiger partial charge in [0.15, 0.2) is 5.76 Å². The van der Waals surface area contributed by atoms with Crippen molar-refractivity contribution >= 4 is 14.3 Å². The molecule has 0 heterocycles. The summed E-state index contributed by atoms with van der Waals surface area (Å²) in [4.78, 5) is 11.3. The number of hydrogen-bond donors (Lipinski definition) is 0. The summed E-state index contributed by atoms with van der Waals surface area (Å²) in [6.45, 7) is 7.64. The highest BCUT2D eigenvalue weighted by molar-refractivity contribution is 6.73. The summed E-state index contributed by atoms with van der Waals surface area (Å²) in [5, 5.41) is 0. The number of ether oxygens (including phenoxy) is 1. The van der Waals surface area contributed by atoms with Gasteiger partial charge in [-0.15, -0.1) is 0 Å². The largest absolute Gasteiger partial charge is 0.542 e. The van der Waals surface area contributed by atoms with Gasteiger partial charge in [0.1, 0.15) is 6.42 Å². The lowest BCUT2D eigenvalue weighted by Gasteiger charge is -2.29. The molecule has 0 radical (unpaired) electrons. The molecule has 0 aliphatic carbocycles. The van der Waals surface area contributed by atoms with Crippen LogP contribution in [0.3, 0.4) is 0 Å². The summed E-state index contributed by atoms with van der Waals surface area (Å²) in [7, 11) is -2.18. The monoisotopic (exact) mass is 280 g/mol. The van der Waals surface area contributed by atoms with E-state index in [-0.39, 0.29) is 6.61 Å². The lowest BCUT2D eigenvalue weighted by molar-refractivity contribution is -0.142. The smallest absolute Gasteiger partial charge is 0.313 e. The number of carbonyl (C=O) groups is 1. The predicted octanol–water partition coefficient (Wildman–Crippen LogP) is 4.07. The van der Waals surface area contributed by atoms with Gasteiger partial charge in [-0.25, -0.2) is 0 Å². The van der Waals surface area contributed by atoms with E-state index in [9.17, 15) is 13.6 Å². The van der Waals surface area contributed by atoms with Gasteiger partial charge in [-0.1, -0.05) is 20.8 Å². The standard InChI is InChI=1S/C12H22F2O3Si/c1-5-16-11(15)9-10(12(13)14)17-18(6-2,7-3)8-4/h5-9H2,1-4H3. The predicted molar refractivity (Wildman–Crippen MR) is 68.8 cm³/mol. The summed E-state index contributed by atoms with van der Waals surface area (Å²) in [5.74, 6) is -1.18. The van der Waals surface area contributed by atoms with Gasteiger partial charge in [-0.3, -0.25) is 4.79 Å². The molecule has 0 unspecified atom stereocenters. The molecule has 0 atom stereocenters. The Balaban J connectivity index is 4.84. The second-order valence-corrected chi connectivity index (χ2v) is 8.70. The van der Waals surface area contributed by atoms with Crippen molar-refractivity contribution in [1.29, 1.82) is 0 Å². The molecule has 0 N–H and O–H groups in total. The molecule has 0 aromatic heterocycles. The zero-order valence-electron chi connectivity index (χ0n) is 11.5. The molecule has 0 fully saturated rings. The van der Waals surface area contributed by atoms with Gasteiger partial charge < -0.3 is 9.16 Å². The molecule has 0 rings (SSSR count). The van der Waals surface area contributed by atoms with Crippen LogP contribution in [0.4, 0.5) is 8.78 Å². The van der Waals surface area contributed by atoms with Crippen molar-refractivity contribution < 1.29 is 22.7 Å². The first kappa shape index (κ1) is 17.1. The van der Waals surface area contributed by atoms with Crippen LogP contribution in [-0.2, 0) is 14.0 Å². The molecule has 0 saturated heterocycles. The van der Waals surface area contributed by atoms with Gasteiger partial charge in [0.2, 0.25) is 8.32 Å². The molecule has 3 nitrogen and oxygen atoms in total. The van der Waals surface area contributed by atoms with Crippen LogP contribution in [-0.4, -0.2) is 20.9 Å². The quantitative estimate of drug-likeness (QED) is 0.382. The van der Waals surface area contributed by atoms with Crippen molar-refractivity contribution in [1.82, 2.24) is 0 Å².